The predicted molar refractivity (Wildman–Crippen MR) is 98.0 cm³/mol. The van der Waals surface area contributed by atoms with Crippen LogP contribution in [0.1, 0.15) is 22.8 Å². The summed E-state index contributed by atoms with van der Waals surface area (Å²) < 4.78 is 16.3. The lowest BCUT2D eigenvalue weighted by atomic mass is 10.0. The van der Waals surface area contributed by atoms with E-state index in [1.54, 1.807) is 30.3 Å². The number of anilines is 1. The Morgan fingerprint density at radius 2 is 1.72 bits per heavy atom. The molecule has 0 fully saturated rings. The summed E-state index contributed by atoms with van der Waals surface area (Å²) in [5, 5.41) is 2.66. The van der Waals surface area contributed by atoms with Crippen molar-refractivity contribution in [1.82, 2.24) is 0 Å². The molecule has 6 nitrogen and oxygen atoms in total. The third kappa shape index (κ3) is 4.11. The molecule has 0 bridgehead atoms. The number of hydrogen-bond donors (Lipinski definition) is 1. The van der Waals surface area contributed by atoms with Gasteiger partial charge in [-0.05, 0) is 40.2 Å². The highest BCUT2D eigenvalue weighted by Crippen LogP contribution is 2.37. The Morgan fingerprint density at radius 3 is 2.28 bits per heavy atom. The van der Waals surface area contributed by atoms with Crippen LogP contribution in [-0.4, -0.2) is 33.0 Å². The number of carbonyl (C=O) groups is 2. The number of carbonyl (C=O) groups excluding carboxylic acids is 2. The first-order valence-corrected chi connectivity index (χ1v) is 8.12. The normalized spacial score (nSPS) is 10.1. The molecule has 0 aliphatic carbocycles. The number of ether oxygens (including phenoxy) is 3. The molecule has 0 spiro atoms. The number of halogens is 1. The molecule has 1 N–H and O–H groups in total. The van der Waals surface area contributed by atoms with Gasteiger partial charge < -0.3 is 19.5 Å². The molecular weight excluding hydrogens is 390 g/mol. The molecule has 0 radical (unpaired) electrons. The Labute approximate surface area is 154 Å². The van der Waals surface area contributed by atoms with Gasteiger partial charge in [-0.1, -0.05) is 0 Å². The molecule has 7 heteroatoms. The quantitative estimate of drug-likeness (QED) is 0.739. The van der Waals surface area contributed by atoms with E-state index in [9.17, 15) is 9.59 Å². The number of ketones is 1. The van der Waals surface area contributed by atoms with Crippen LogP contribution in [0.5, 0.6) is 17.2 Å². The molecule has 25 heavy (non-hydrogen) atoms. The zero-order valence-corrected chi connectivity index (χ0v) is 15.9. The summed E-state index contributed by atoms with van der Waals surface area (Å²) in [4.78, 5) is 24.4. The van der Waals surface area contributed by atoms with Crippen molar-refractivity contribution in [2.24, 2.45) is 0 Å². The first-order chi connectivity index (χ1) is 11.9. The molecule has 0 saturated carbocycles. The summed E-state index contributed by atoms with van der Waals surface area (Å²) in [6.45, 7) is 1.38. The summed E-state index contributed by atoms with van der Waals surface area (Å²) in [7, 11) is 4.52. The molecule has 0 aliphatic rings. The van der Waals surface area contributed by atoms with E-state index in [-0.39, 0.29) is 11.7 Å². The fourth-order valence-electron chi connectivity index (χ4n) is 2.35. The van der Waals surface area contributed by atoms with Gasteiger partial charge in [0.1, 0.15) is 5.75 Å². The monoisotopic (exact) mass is 407 g/mol. The van der Waals surface area contributed by atoms with E-state index in [1.807, 2.05) is 0 Å². The van der Waals surface area contributed by atoms with Crippen molar-refractivity contribution in [1.29, 1.82) is 0 Å². The number of hydrogen-bond acceptors (Lipinski definition) is 5. The van der Waals surface area contributed by atoms with E-state index < -0.39 is 0 Å². The minimum absolute atomic E-state index is 0.270. The summed E-state index contributed by atoms with van der Waals surface area (Å²) in [6.07, 6.45) is 0. The highest BCUT2D eigenvalue weighted by atomic mass is 79.9. The van der Waals surface area contributed by atoms with Crippen LogP contribution in [0.2, 0.25) is 0 Å². The molecule has 2 aromatic carbocycles. The van der Waals surface area contributed by atoms with E-state index in [0.717, 1.165) is 0 Å². The zero-order chi connectivity index (χ0) is 18.6. The SMILES string of the molecule is COc1ccc(C(=O)c2cc(Br)c(OC)c(OC)c2)c(NC(C)=O)c1. The van der Waals surface area contributed by atoms with Gasteiger partial charge >= 0.3 is 0 Å². The van der Waals surface area contributed by atoms with Gasteiger partial charge in [0, 0.05) is 24.1 Å². The number of rotatable bonds is 6. The minimum atomic E-state index is -0.282. The predicted octanol–water partition coefficient (Wildman–Crippen LogP) is 3.66. The maximum absolute atomic E-state index is 13.0. The molecule has 1 amide bonds. The standard InChI is InChI=1S/C18H18BrNO5/c1-10(21)20-15-9-12(23-2)5-6-13(15)17(22)11-7-14(19)18(25-4)16(8-11)24-3/h5-9H,1-4H3,(H,20,21). The van der Waals surface area contributed by atoms with Crippen molar-refractivity contribution in [3.05, 3.63) is 45.9 Å². The van der Waals surface area contributed by atoms with Gasteiger partial charge in [0.05, 0.1) is 31.5 Å². The maximum Gasteiger partial charge on any atom is 0.221 e. The lowest BCUT2D eigenvalue weighted by molar-refractivity contribution is -0.114. The molecule has 0 saturated heterocycles. The summed E-state index contributed by atoms with van der Waals surface area (Å²) in [6, 6.07) is 8.11. The maximum atomic E-state index is 13.0. The Balaban J connectivity index is 2.54. The second kappa shape index (κ2) is 8.02. The van der Waals surface area contributed by atoms with Crippen LogP contribution in [0.3, 0.4) is 0 Å². The highest BCUT2D eigenvalue weighted by molar-refractivity contribution is 9.10. The Bertz CT molecular complexity index is 819. The Hall–Kier alpha value is -2.54. The second-order valence-electron chi connectivity index (χ2n) is 5.12. The van der Waals surface area contributed by atoms with Gasteiger partial charge in [-0.2, -0.15) is 0 Å². The molecule has 2 aromatic rings. The Morgan fingerprint density at radius 1 is 1.00 bits per heavy atom. The van der Waals surface area contributed by atoms with Gasteiger partial charge in [-0.15, -0.1) is 0 Å². The van der Waals surface area contributed by atoms with Crippen LogP contribution in [0, 0.1) is 0 Å². The van der Waals surface area contributed by atoms with E-state index in [2.05, 4.69) is 21.2 Å². The van der Waals surface area contributed by atoms with E-state index in [0.29, 0.717) is 38.5 Å². The van der Waals surface area contributed by atoms with Crippen LogP contribution in [0.15, 0.2) is 34.8 Å². The summed E-state index contributed by atoms with van der Waals surface area (Å²) in [5.41, 5.74) is 1.11. The van der Waals surface area contributed by atoms with Crippen molar-refractivity contribution >= 4 is 33.3 Å². The first-order valence-electron chi connectivity index (χ1n) is 7.33. The Kier molecular flexibility index (Phi) is 6.03. The molecular formula is C18H18BrNO5. The largest absolute Gasteiger partial charge is 0.497 e. The van der Waals surface area contributed by atoms with Gasteiger partial charge in [-0.3, -0.25) is 9.59 Å². The van der Waals surface area contributed by atoms with Crippen LogP contribution < -0.4 is 19.5 Å². The number of nitrogens with one attached hydrogen (secondary N) is 1. The topological polar surface area (TPSA) is 73.9 Å². The van der Waals surface area contributed by atoms with Crippen LogP contribution in [-0.2, 0) is 4.79 Å². The molecule has 0 aliphatic heterocycles. The van der Waals surface area contributed by atoms with Gasteiger partial charge in [-0.25, -0.2) is 0 Å². The van der Waals surface area contributed by atoms with Crippen molar-refractivity contribution in [3.63, 3.8) is 0 Å². The fourth-order valence-corrected chi connectivity index (χ4v) is 2.95. The van der Waals surface area contributed by atoms with Crippen molar-refractivity contribution < 1.29 is 23.8 Å². The van der Waals surface area contributed by atoms with E-state index in [1.165, 1.54) is 28.3 Å². The first kappa shape index (κ1) is 18.8. The fraction of sp³-hybridized carbons (Fsp3) is 0.222. The average Bonchev–Trinajstić information content (AvgIpc) is 2.59. The smallest absolute Gasteiger partial charge is 0.221 e. The highest BCUT2D eigenvalue weighted by Gasteiger charge is 2.19. The van der Waals surface area contributed by atoms with Crippen molar-refractivity contribution in [3.8, 4) is 17.2 Å². The second-order valence-corrected chi connectivity index (χ2v) is 5.97. The molecule has 132 valence electrons. The lowest BCUT2D eigenvalue weighted by Crippen LogP contribution is -2.12. The lowest BCUT2D eigenvalue weighted by Gasteiger charge is -2.14. The zero-order valence-electron chi connectivity index (χ0n) is 14.3. The number of benzene rings is 2. The average molecular weight is 408 g/mol. The third-order valence-electron chi connectivity index (χ3n) is 3.48. The molecule has 0 aromatic heterocycles. The minimum Gasteiger partial charge on any atom is -0.497 e. The van der Waals surface area contributed by atoms with Gasteiger partial charge in [0.2, 0.25) is 5.91 Å². The van der Waals surface area contributed by atoms with Crippen LogP contribution in [0.4, 0.5) is 5.69 Å². The van der Waals surface area contributed by atoms with Crippen LogP contribution in [0.25, 0.3) is 0 Å². The number of amides is 1. The van der Waals surface area contributed by atoms with Gasteiger partial charge in [0.25, 0.3) is 0 Å². The van der Waals surface area contributed by atoms with E-state index in [4.69, 9.17) is 14.2 Å². The van der Waals surface area contributed by atoms with E-state index >= 15 is 0 Å². The third-order valence-corrected chi connectivity index (χ3v) is 4.07. The molecule has 2 rings (SSSR count). The van der Waals surface area contributed by atoms with Crippen LogP contribution >= 0.6 is 15.9 Å². The summed E-state index contributed by atoms with van der Waals surface area (Å²) >= 11 is 3.37. The molecule has 0 atom stereocenters. The van der Waals surface area contributed by atoms with Gasteiger partial charge in [0.15, 0.2) is 17.3 Å². The molecule has 0 unspecified atom stereocenters. The van der Waals surface area contributed by atoms with Crippen molar-refractivity contribution in [2.75, 3.05) is 26.6 Å². The molecule has 0 heterocycles. The number of methoxy groups -OCH3 is 3. The van der Waals surface area contributed by atoms with Crippen molar-refractivity contribution in [2.45, 2.75) is 6.92 Å². The summed E-state index contributed by atoms with van der Waals surface area (Å²) in [5.74, 6) is 0.906.